The second-order valence-corrected chi connectivity index (χ2v) is 8.13. The SMILES string of the molecule is Cc1cccc(C)c1OCCn1c(CCNC(=O)c2ccccc2Cl)nc2ccccc21. The van der Waals surface area contributed by atoms with Crippen molar-refractivity contribution in [2.24, 2.45) is 0 Å². The number of hydrogen-bond donors (Lipinski definition) is 1. The van der Waals surface area contributed by atoms with Crippen LogP contribution in [0.5, 0.6) is 5.75 Å². The Morgan fingerprint density at radius 1 is 1.00 bits per heavy atom. The number of rotatable bonds is 8. The molecule has 0 radical (unpaired) electrons. The molecule has 5 nitrogen and oxygen atoms in total. The minimum atomic E-state index is -0.184. The zero-order valence-electron chi connectivity index (χ0n) is 18.3. The van der Waals surface area contributed by atoms with Gasteiger partial charge in [0.15, 0.2) is 0 Å². The van der Waals surface area contributed by atoms with Gasteiger partial charge >= 0.3 is 0 Å². The van der Waals surface area contributed by atoms with E-state index in [0.29, 0.717) is 36.7 Å². The van der Waals surface area contributed by atoms with Crippen molar-refractivity contribution in [3.63, 3.8) is 0 Å². The second-order valence-electron chi connectivity index (χ2n) is 7.72. The molecule has 1 aromatic heterocycles. The molecule has 0 atom stereocenters. The fraction of sp³-hybridized carbons (Fsp3) is 0.231. The first kappa shape index (κ1) is 21.9. The number of carbonyl (C=O) groups excluding carboxylic acids is 1. The standard InChI is InChI=1S/C26H26ClN3O2/c1-18-8-7-9-19(2)25(18)32-17-16-30-23-13-6-5-12-22(23)29-24(30)14-15-28-26(31)20-10-3-4-11-21(20)27/h3-13H,14-17H2,1-2H3,(H,28,31). The predicted molar refractivity (Wildman–Crippen MR) is 129 cm³/mol. The molecular weight excluding hydrogens is 422 g/mol. The molecular formula is C26H26ClN3O2. The molecule has 0 spiro atoms. The third-order valence-electron chi connectivity index (χ3n) is 5.46. The van der Waals surface area contributed by atoms with Gasteiger partial charge in [0.1, 0.15) is 18.2 Å². The number of ether oxygens (including phenoxy) is 1. The van der Waals surface area contributed by atoms with Crippen molar-refractivity contribution in [2.45, 2.75) is 26.8 Å². The molecule has 0 unspecified atom stereocenters. The summed E-state index contributed by atoms with van der Waals surface area (Å²) in [6.07, 6.45) is 0.605. The van der Waals surface area contributed by atoms with Gasteiger partial charge in [-0.25, -0.2) is 4.98 Å². The predicted octanol–water partition coefficient (Wildman–Crippen LogP) is 5.36. The Labute approximate surface area is 193 Å². The maximum atomic E-state index is 12.5. The number of halogens is 1. The Morgan fingerprint density at radius 2 is 1.72 bits per heavy atom. The van der Waals surface area contributed by atoms with E-state index in [2.05, 4.69) is 41.9 Å². The number of hydrogen-bond acceptors (Lipinski definition) is 3. The van der Waals surface area contributed by atoms with Crippen LogP contribution in [0.15, 0.2) is 66.7 Å². The third-order valence-corrected chi connectivity index (χ3v) is 5.79. The zero-order chi connectivity index (χ0) is 22.5. The van der Waals surface area contributed by atoms with Crippen LogP contribution in [0.3, 0.4) is 0 Å². The van der Waals surface area contributed by atoms with Gasteiger partial charge in [-0.1, -0.05) is 54.1 Å². The summed E-state index contributed by atoms with van der Waals surface area (Å²) in [4.78, 5) is 17.3. The summed E-state index contributed by atoms with van der Waals surface area (Å²) in [6, 6.07) is 21.3. The molecule has 1 N–H and O–H groups in total. The van der Waals surface area contributed by atoms with E-state index in [1.54, 1.807) is 18.2 Å². The van der Waals surface area contributed by atoms with Crippen molar-refractivity contribution in [2.75, 3.05) is 13.2 Å². The highest BCUT2D eigenvalue weighted by Crippen LogP contribution is 2.23. The van der Waals surface area contributed by atoms with Gasteiger partial charge in [-0.2, -0.15) is 0 Å². The van der Waals surface area contributed by atoms with Crippen molar-refractivity contribution in [1.29, 1.82) is 0 Å². The van der Waals surface area contributed by atoms with Crippen molar-refractivity contribution < 1.29 is 9.53 Å². The second kappa shape index (κ2) is 9.88. The molecule has 0 aliphatic heterocycles. The molecule has 1 heterocycles. The molecule has 1 amide bonds. The summed E-state index contributed by atoms with van der Waals surface area (Å²) in [5, 5.41) is 3.39. The van der Waals surface area contributed by atoms with Crippen LogP contribution in [0, 0.1) is 13.8 Å². The van der Waals surface area contributed by atoms with Crippen LogP contribution in [0.2, 0.25) is 5.02 Å². The summed E-state index contributed by atoms with van der Waals surface area (Å²) >= 11 is 6.13. The number of nitrogens with zero attached hydrogens (tertiary/aromatic N) is 2. The number of aromatic nitrogens is 2. The minimum absolute atomic E-state index is 0.184. The molecule has 32 heavy (non-hydrogen) atoms. The Hall–Kier alpha value is -3.31. The molecule has 4 rings (SSSR count). The van der Waals surface area contributed by atoms with Gasteiger partial charge in [-0.05, 0) is 49.2 Å². The van der Waals surface area contributed by atoms with Crippen LogP contribution >= 0.6 is 11.6 Å². The van der Waals surface area contributed by atoms with Crippen molar-refractivity contribution >= 4 is 28.5 Å². The first-order valence-corrected chi connectivity index (χ1v) is 11.1. The molecule has 4 aromatic rings. The molecule has 0 saturated heterocycles. The van der Waals surface area contributed by atoms with E-state index in [1.807, 2.05) is 30.3 Å². The smallest absolute Gasteiger partial charge is 0.252 e. The lowest BCUT2D eigenvalue weighted by atomic mass is 10.1. The fourth-order valence-corrected chi connectivity index (χ4v) is 4.08. The van der Waals surface area contributed by atoms with Crippen molar-refractivity contribution in [3.8, 4) is 5.75 Å². The average Bonchev–Trinajstić information content (AvgIpc) is 3.13. The number of carbonyl (C=O) groups is 1. The number of benzene rings is 3. The Kier molecular flexibility index (Phi) is 6.76. The number of para-hydroxylation sites is 3. The lowest BCUT2D eigenvalue weighted by Gasteiger charge is -2.14. The van der Waals surface area contributed by atoms with Crippen LogP contribution < -0.4 is 10.1 Å². The fourth-order valence-electron chi connectivity index (χ4n) is 3.86. The van der Waals surface area contributed by atoms with Crippen LogP contribution in [-0.2, 0) is 13.0 Å². The first-order valence-electron chi connectivity index (χ1n) is 10.7. The largest absolute Gasteiger partial charge is 0.491 e. The highest BCUT2D eigenvalue weighted by Gasteiger charge is 2.13. The van der Waals surface area contributed by atoms with E-state index >= 15 is 0 Å². The van der Waals surface area contributed by atoms with Crippen LogP contribution in [0.1, 0.15) is 27.3 Å². The molecule has 0 aliphatic carbocycles. The first-order chi connectivity index (χ1) is 15.5. The van der Waals surface area contributed by atoms with Crippen molar-refractivity contribution in [1.82, 2.24) is 14.9 Å². The summed E-state index contributed by atoms with van der Waals surface area (Å²) in [5.74, 6) is 1.66. The van der Waals surface area contributed by atoms with Crippen molar-refractivity contribution in [3.05, 3.63) is 94.3 Å². The normalized spacial score (nSPS) is 11.0. The molecule has 0 aliphatic rings. The molecule has 3 aromatic carbocycles. The lowest BCUT2D eigenvalue weighted by molar-refractivity contribution is 0.0954. The summed E-state index contributed by atoms with van der Waals surface area (Å²) < 4.78 is 8.30. The van der Waals surface area contributed by atoms with E-state index < -0.39 is 0 Å². The third kappa shape index (κ3) is 4.78. The summed E-state index contributed by atoms with van der Waals surface area (Å²) in [7, 11) is 0. The highest BCUT2D eigenvalue weighted by molar-refractivity contribution is 6.33. The van der Waals surface area contributed by atoms with E-state index in [9.17, 15) is 4.79 Å². The topological polar surface area (TPSA) is 56.1 Å². The summed E-state index contributed by atoms with van der Waals surface area (Å²) in [5.41, 5.74) is 4.73. The number of amides is 1. The maximum Gasteiger partial charge on any atom is 0.252 e. The summed E-state index contributed by atoms with van der Waals surface area (Å²) in [6.45, 7) is 5.78. The average molecular weight is 448 g/mol. The molecule has 0 bridgehead atoms. The van der Waals surface area contributed by atoms with Crippen LogP contribution in [0.4, 0.5) is 0 Å². The number of aryl methyl sites for hydroxylation is 2. The number of nitrogens with one attached hydrogen (secondary N) is 1. The van der Waals surface area contributed by atoms with E-state index in [4.69, 9.17) is 21.3 Å². The molecule has 6 heteroatoms. The highest BCUT2D eigenvalue weighted by atomic mass is 35.5. The lowest BCUT2D eigenvalue weighted by Crippen LogP contribution is -2.27. The Bertz CT molecular complexity index is 1230. The van der Waals surface area contributed by atoms with E-state index in [1.165, 1.54) is 0 Å². The molecule has 164 valence electrons. The van der Waals surface area contributed by atoms with E-state index in [0.717, 1.165) is 33.7 Å². The van der Waals surface area contributed by atoms with Gasteiger partial charge in [0.25, 0.3) is 5.91 Å². The van der Waals surface area contributed by atoms with Gasteiger partial charge < -0.3 is 14.6 Å². The Morgan fingerprint density at radius 3 is 2.50 bits per heavy atom. The van der Waals surface area contributed by atoms with Crippen LogP contribution in [0.25, 0.3) is 11.0 Å². The van der Waals surface area contributed by atoms with Crippen LogP contribution in [-0.4, -0.2) is 28.6 Å². The molecule has 0 fully saturated rings. The van der Waals surface area contributed by atoms with Gasteiger partial charge in [-0.3, -0.25) is 4.79 Å². The number of imidazole rings is 1. The quantitative estimate of drug-likeness (QED) is 0.395. The van der Waals surface area contributed by atoms with Gasteiger partial charge in [0, 0.05) is 13.0 Å². The number of fused-ring (bicyclic) bond motifs is 1. The minimum Gasteiger partial charge on any atom is -0.491 e. The zero-order valence-corrected chi connectivity index (χ0v) is 19.0. The maximum absolute atomic E-state index is 12.5. The van der Waals surface area contributed by atoms with Gasteiger partial charge in [-0.15, -0.1) is 0 Å². The van der Waals surface area contributed by atoms with E-state index in [-0.39, 0.29) is 5.91 Å². The van der Waals surface area contributed by atoms with Gasteiger partial charge in [0.2, 0.25) is 0 Å². The Balaban J connectivity index is 1.45. The molecule has 0 saturated carbocycles. The van der Waals surface area contributed by atoms with Gasteiger partial charge in [0.05, 0.1) is 28.2 Å². The monoisotopic (exact) mass is 447 g/mol.